The molecule has 286 valence electrons. The minimum Gasteiger partial charge on any atom is -0.478 e. The Morgan fingerprint density at radius 2 is 0.868 bits per heavy atom. The topological polar surface area (TPSA) is 320 Å². The summed E-state index contributed by atoms with van der Waals surface area (Å²) in [5.41, 5.74) is 0.0234. The first kappa shape index (κ1) is 47.8. The van der Waals surface area contributed by atoms with E-state index in [1.165, 1.54) is 45.4 Å². The number of ether oxygens (including phenoxy) is 3. The summed E-state index contributed by atoms with van der Waals surface area (Å²) in [7, 11) is 5.35. The molecule has 0 aromatic heterocycles. The van der Waals surface area contributed by atoms with Gasteiger partial charge in [-0.15, -0.1) is 0 Å². The number of nitro groups is 3. The molecular formula is C32H35N3O18. The first-order valence-electron chi connectivity index (χ1n) is 14.1. The lowest BCUT2D eigenvalue weighted by atomic mass is 10.00. The van der Waals surface area contributed by atoms with Crippen LogP contribution in [-0.2, 0) is 14.2 Å². The highest BCUT2D eigenvalue weighted by Crippen LogP contribution is 2.26. The molecular weight excluding hydrogens is 714 g/mol. The Hall–Kier alpha value is -7.32. The van der Waals surface area contributed by atoms with Gasteiger partial charge in [0.25, 0.3) is 5.69 Å². The molecule has 0 aliphatic rings. The predicted molar refractivity (Wildman–Crippen MR) is 181 cm³/mol. The van der Waals surface area contributed by atoms with Crippen molar-refractivity contribution in [1.29, 1.82) is 0 Å². The van der Waals surface area contributed by atoms with Crippen LogP contribution in [0.25, 0.3) is 0 Å². The zero-order valence-electron chi connectivity index (χ0n) is 29.4. The highest BCUT2D eigenvalue weighted by Gasteiger charge is 2.29. The summed E-state index contributed by atoms with van der Waals surface area (Å²) in [5, 5.41) is 54.7. The second kappa shape index (κ2) is 23.2. The fourth-order valence-corrected chi connectivity index (χ4v) is 3.88. The monoisotopic (exact) mass is 749 g/mol. The molecule has 0 amide bonds. The number of esters is 3. The van der Waals surface area contributed by atoms with Gasteiger partial charge < -0.3 is 29.5 Å². The average Bonchev–Trinajstić information content (AvgIpc) is 3.06. The number of aromatic carboxylic acids is 3. The summed E-state index contributed by atoms with van der Waals surface area (Å²) in [4.78, 5) is 93.1. The van der Waals surface area contributed by atoms with Crippen LogP contribution in [0.4, 0.5) is 5.69 Å². The third-order valence-electron chi connectivity index (χ3n) is 5.98. The Bertz CT molecular complexity index is 1850. The molecule has 0 radical (unpaired) electrons. The summed E-state index contributed by atoms with van der Waals surface area (Å²) >= 11 is 0. The van der Waals surface area contributed by atoms with E-state index in [1.54, 1.807) is 32.0 Å². The number of aryl methyl sites for hydroxylation is 3. The van der Waals surface area contributed by atoms with Gasteiger partial charge in [-0.1, -0.05) is 30.3 Å². The van der Waals surface area contributed by atoms with E-state index in [0.717, 1.165) is 27.3 Å². The number of nitro benzene ring substituents is 1. The van der Waals surface area contributed by atoms with E-state index in [-0.39, 0.29) is 27.8 Å². The third kappa shape index (κ3) is 15.8. The molecule has 21 nitrogen and oxygen atoms in total. The minimum absolute atomic E-state index is 0.144. The van der Waals surface area contributed by atoms with Gasteiger partial charge in [-0.05, 0) is 49.6 Å². The number of rotatable bonds is 7. The summed E-state index contributed by atoms with van der Waals surface area (Å²) in [6, 6.07) is 11.7. The van der Waals surface area contributed by atoms with Gasteiger partial charge in [-0.25, -0.2) is 28.8 Å². The van der Waals surface area contributed by atoms with Crippen molar-refractivity contribution >= 4 is 41.5 Å². The standard InChI is InChI=1S/C11H12O4.C10H9NO6.C9H8O4.2CH3NO2/c1-7-5-4-6-8(10(12)14-2)9(7)11(13)15-3;1-5-3-4-6(11(15)16)8(10(14)17-2)7(5)9(12)13;1-5-3-2-4-6(8(10)11)7(5)9(12)13;2*1-2(3)4/h4-6H,1-3H3;3-4H,1-2H3,(H,12,13);2-4H,1H3,(H,10,11)(H,12,13);2*1H3. The number of benzene rings is 3. The number of hydrogen-bond acceptors (Lipinski definition) is 15. The summed E-state index contributed by atoms with van der Waals surface area (Å²) < 4.78 is 13.6. The van der Waals surface area contributed by atoms with Crippen LogP contribution in [0.15, 0.2) is 48.5 Å². The summed E-state index contributed by atoms with van der Waals surface area (Å²) in [5.74, 6) is -5.96. The molecule has 0 spiro atoms. The van der Waals surface area contributed by atoms with Crippen molar-refractivity contribution in [2.75, 3.05) is 35.4 Å². The Balaban J connectivity index is 0. The third-order valence-corrected chi connectivity index (χ3v) is 5.98. The number of carbonyl (C=O) groups is 6. The molecule has 0 saturated heterocycles. The molecule has 3 N–H and O–H groups in total. The van der Waals surface area contributed by atoms with E-state index in [1.807, 2.05) is 0 Å². The van der Waals surface area contributed by atoms with Gasteiger partial charge in [-0.3, -0.25) is 30.3 Å². The van der Waals surface area contributed by atoms with Gasteiger partial charge in [0, 0.05) is 15.9 Å². The Labute approximate surface area is 299 Å². The first-order valence-corrected chi connectivity index (χ1v) is 14.1. The largest absolute Gasteiger partial charge is 0.478 e. The summed E-state index contributed by atoms with van der Waals surface area (Å²) in [6.45, 7) is 4.74. The maximum Gasteiger partial charge on any atom is 0.345 e. The quantitative estimate of drug-likeness (QED) is 0.132. The molecule has 0 aliphatic carbocycles. The second-order valence-corrected chi connectivity index (χ2v) is 9.67. The SMILES string of the molecule is COC(=O)c1c([N+](=O)[O-])ccc(C)c1C(=O)O.COC(=O)c1cccc(C)c1C(=O)OC.C[N+](=O)[O-].C[N+](=O)[O-].Cc1cccc(C(=O)O)c1C(=O)O. The van der Waals surface area contributed by atoms with E-state index >= 15 is 0 Å². The van der Waals surface area contributed by atoms with Crippen LogP contribution in [0.2, 0.25) is 0 Å². The van der Waals surface area contributed by atoms with E-state index < -0.39 is 67.4 Å². The maximum atomic E-state index is 11.4. The number of carboxylic acid groups (broad SMARTS) is 3. The number of hydrogen-bond donors (Lipinski definition) is 3. The fraction of sp³-hybridized carbons (Fsp3) is 0.250. The van der Waals surface area contributed by atoms with Crippen molar-refractivity contribution in [3.8, 4) is 0 Å². The zero-order chi connectivity index (χ0) is 41.7. The number of methoxy groups -OCH3 is 3. The van der Waals surface area contributed by atoms with E-state index in [2.05, 4.69) is 14.2 Å². The Kier molecular flexibility index (Phi) is 20.9. The number of nitrogens with zero attached hydrogens (tertiary/aromatic N) is 3. The molecule has 0 bridgehead atoms. The molecule has 3 aromatic carbocycles. The van der Waals surface area contributed by atoms with Crippen molar-refractivity contribution in [3.63, 3.8) is 0 Å². The van der Waals surface area contributed by atoms with E-state index in [0.29, 0.717) is 11.1 Å². The highest BCUT2D eigenvalue weighted by atomic mass is 16.6. The molecule has 0 heterocycles. The van der Waals surface area contributed by atoms with Crippen molar-refractivity contribution < 1.29 is 73.1 Å². The Morgan fingerprint density at radius 3 is 1.21 bits per heavy atom. The molecule has 3 rings (SSSR count). The van der Waals surface area contributed by atoms with Gasteiger partial charge in [0.2, 0.25) is 0 Å². The van der Waals surface area contributed by atoms with Crippen LogP contribution >= 0.6 is 0 Å². The highest BCUT2D eigenvalue weighted by molar-refractivity contribution is 6.06. The molecule has 0 atom stereocenters. The first-order chi connectivity index (χ1) is 24.5. The summed E-state index contributed by atoms with van der Waals surface area (Å²) in [6.07, 6.45) is 0. The van der Waals surface area contributed by atoms with Crippen LogP contribution in [0.3, 0.4) is 0 Å². The zero-order valence-corrected chi connectivity index (χ0v) is 29.4. The smallest absolute Gasteiger partial charge is 0.345 e. The average molecular weight is 750 g/mol. The van der Waals surface area contributed by atoms with Gasteiger partial charge in [-0.2, -0.15) is 0 Å². The predicted octanol–water partition coefficient (Wildman–Crippen LogP) is 4.13. The van der Waals surface area contributed by atoms with Crippen LogP contribution < -0.4 is 0 Å². The molecule has 0 fully saturated rings. The number of carboxylic acids is 3. The molecule has 3 aromatic rings. The van der Waals surface area contributed by atoms with Gasteiger partial charge in [0.15, 0.2) is 19.7 Å². The fourth-order valence-electron chi connectivity index (χ4n) is 3.88. The molecule has 53 heavy (non-hydrogen) atoms. The normalized spacial score (nSPS) is 9.13. The van der Waals surface area contributed by atoms with Crippen molar-refractivity contribution in [1.82, 2.24) is 0 Å². The van der Waals surface area contributed by atoms with Crippen LogP contribution in [-0.4, -0.2) is 101 Å². The van der Waals surface area contributed by atoms with E-state index in [9.17, 15) is 38.9 Å². The van der Waals surface area contributed by atoms with Gasteiger partial charge in [0.1, 0.15) is 0 Å². The van der Waals surface area contributed by atoms with Crippen molar-refractivity contribution in [2.24, 2.45) is 0 Å². The van der Waals surface area contributed by atoms with Gasteiger partial charge in [0.05, 0.1) is 54.1 Å². The van der Waals surface area contributed by atoms with Crippen LogP contribution in [0, 0.1) is 51.1 Å². The molecule has 0 aliphatic heterocycles. The molecule has 21 heteroatoms. The van der Waals surface area contributed by atoms with Crippen molar-refractivity contribution in [2.45, 2.75) is 20.8 Å². The van der Waals surface area contributed by atoms with Gasteiger partial charge >= 0.3 is 35.8 Å². The molecule has 0 saturated carbocycles. The minimum atomic E-state index is -1.41. The second-order valence-electron chi connectivity index (χ2n) is 9.67. The lowest BCUT2D eigenvalue weighted by molar-refractivity contribution is -0.445. The molecule has 0 unspecified atom stereocenters. The van der Waals surface area contributed by atoms with Crippen molar-refractivity contribution in [3.05, 3.63) is 129 Å². The number of carbonyl (C=O) groups excluding carboxylic acids is 3. The van der Waals surface area contributed by atoms with Crippen LogP contribution in [0.5, 0.6) is 0 Å². The van der Waals surface area contributed by atoms with Crippen LogP contribution in [0.1, 0.15) is 78.8 Å². The Morgan fingerprint density at radius 1 is 0.509 bits per heavy atom. The maximum absolute atomic E-state index is 11.4. The van der Waals surface area contributed by atoms with E-state index in [4.69, 9.17) is 35.5 Å². The lowest BCUT2D eigenvalue weighted by Crippen LogP contribution is -2.14. The lowest BCUT2D eigenvalue weighted by Gasteiger charge is -2.08.